The van der Waals surface area contributed by atoms with E-state index >= 15 is 0 Å². The van der Waals surface area contributed by atoms with Crippen molar-refractivity contribution in [3.05, 3.63) is 82.4 Å². The Kier molecular flexibility index (Phi) is 6.45. The maximum atomic E-state index is 13.2. The third-order valence-corrected chi connectivity index (χ3v) is 6.87. The van der Waals surface area contributed by atoms with Crippen LogP contribution in [0.2, 0.25) is 0 Å². The molecule has 1 atom stereocenters. The second-order valence-electron chi connectivity index (χ2n) is 9.19. The van der Waals surface area contributed by atoms with Crippen LogP contribution < -0.4 is 10.9 Å². The maximum Gasteiger partial charge on any atom is 0.276 e. The molecule has 1 N–H and O–H groups in total. The van der Waals surface area contributed by atoms with Crippen LogP contribution in [0.15, 0.2) is 65.7 Å². The maximum absolute atomic E-state index is 13.2. The zero-order chi connectivity index (χ0) is 23.5. The van der Waals surface area contributed by atoms with Gasteiger partial charge in [-0.25, -0.2) is 4.98 Å². The van der Waals surface area contributed by atoms with Gasteiger partial charge in [-0.2, -0.15) is 0 Å². The van der Waals surface area contributed by atoms with Gasteiger partial charge in [0.25, 0.3) is 11.5 Å². The molecule has 5 rings (SSSR count). The van der Waals surface area contributed by atoms with Gasteiger partial charge in [0.2, 0.25) is 0 Å². The summed E-state index contributed by atoms with van der Waals surface area (Å²) in [5.41, 5.74) is 3.50. The highest BCUT2D eigenvalue weighted by atomic mass is 16.1. The van der Waals surface area contributed by atoms with Crippen molar-refractivity contribution >= 4 is 22.6 Å². The quantitative estimate of drug-likeness (QED) is 0.430. The number of amides is 1. The van der Waals surface area contributed by atoms with Crippen molar-refractivity contribution in [3.63, 3.8) is 0 Å². The van der Waals surface area contributed by atoms with Gasteiger partial charge in [0, 0.05) is 37.1 Å². The minimum absolute atomic E-state index is 0.0779. The Morgan fingerprint density at radius 1 is 1.12 bits per heavy atom. The van der Waals surface area contributed by atoms with Gasteiger partial charge < -0.3 is 14.6 Å². The SMILES string of the molecule is C[C@H]1CCCCN1CCCNC(=O)c1cccc(Cn2c(=O)c3cccn3c3cccnc32)c1. The number of likely N-dealkylation sites (tertiary alicyclic amines) is 1. The summed E-state index contributed by atoms with van der Waals surface area (Å²) in [6, 6.07) is 15.7. The summed E-state index contributed by atoms with van der Waals surface area (Å²) >= 11 is 0. The molecular weight excluding hydrogens is 426 g/mol. The predicted octanol–water partition coefficient (Wildman–Crippen LogP) is 3.69. The monoisotopic (exact) mass is 457 g/mol. The lowest BCUT2D eigenvalue weighted by molar-refractivity contribution is 0.0948. The zero-order valence-electron chi connectivity index (χ0n) is 19.6. The summed E-state index contributed by atoms with van der Waals surface area (Å²) in [4.78, 5) is 32.9. The molecule has 1 aliphatic heterocycles. The summed E-state index contributed by atoms with van der Waals surface area (Å²) < 4.78 is 3.55. The van der Waals surface area contributed by atoms with Crippen LogP contribution in [0.4, 0.5) is 0 Å². The molecule has 0 saturated carbocycles. The Hall–Kier alpha value is -3.45. The van der Waals surface area contributed by atoms with Crippen LogP contribution in [0.1, 0.15) is 48.5 Å². The number of piperidine rings is 1. The molecule has 7 nitrogen and oxygen atoms in total. The first-order chi connectivity index (χ1) is 16.6. The summed E-state index contributed by atoms with van der Waals surface area (Å²) in [7, 11) is 0. The van der Waals surface area contributed by atoms with Crippen LogP contribution >= 0.6 is 0 Å². The van der Waals surface area contributed by atoms with E-state index in [0.717, 1.165) is 30.6 Å². The molecule has 1 saturated heterocycles. The Morgan fingerprint density at radius 3 is 2.88 bits per heavy atom. The van der Waals surface area contributed by atoms with Gasteiger partial charge in [-0.1, -0.05) is 18.6 Å². The van der Waals surface area contributed by atoms with Crippen LogP contribution in [0, 0.1) is 0 Å². The summed E-state index contributed by atoms with van der Waals surface area (Å²) in [6.07, 6.45) is 8.38. The molecule has 1 fully saturated rings. The number of nitrogens with one attached hydrogen (secondary N) is 1. The fourth-order valence-corrected chi connectivity index (χ4v) is 5.00. The van der Waals surface area contributed by atoms with Crippen molar-refractivity contribution in [1.82, 2.24) is 24.2 Å². The number of nitrogens with zero attached hydrogens (tertiary/aromatic N) is 4. The summed E-state index contributed by atoms with van der Waals surface area (Å²) in [5, 5.41) is 3.06. The van der Waals surface area contributed by atoms with E-state index in [-0.39, 0.29) is 11.5 Å². The van der Waals surface area contributed by atoms with Gasteiger partial charge >= 0.3 is 0 Å². The Balaban J connectivity index is 1.29. The van der Waals surface area contributed by atoms with Gasteiger partial charge in [-0.3, -0.25) is 14.2 Å². The fraction of sp³-hybridized carbons (Fsp3) is 0.370. The third-order valence-electron chi connectivity index (χ3n) is 6.87. The van der Waals surface area contributed by atoms with E-state index in [0.29, 0.717) is 35.9 Å². The second-order valence-corrected chi connectivity index (χ2v) is 9.19. The molecule has 3 aromatic heterocycles. The molecule has 1 aromatic carbocycles. The molecule has 34 heavy (non-hydrogen) atoms. The number of pyridine rings is 1. The standard InChI is InChI=1S/C27H31N5O2/c1-20-8-2-3-15-30(20)16-7-14-29-26(33)22-10-4-9-21(18-22)19-32-25-23(11-5-13-28-25)31-17-6-12-24(31)27(32)34/h4-6,9-13,17-18,20H,2-3,7-8,14-16,19H2,1H3,(H,29,33)/t20-/m0/s1. The molecule has 1 amide bonds. The highest BCUT2D eigenvalue weighted by molar-refractivity contribution is 5.94. The number of hydrogen-bond donors (Lipinski definition) is 1. The second kappa shape index (κ2) is 9.81. The summed E-state index contributed by atoms with van der Waals surface area (Å²) in [5.74, 6) is -0.0779. The van der Waals surface area contributed by atoms with E-state index in [1.165, 1.54) is 19.3 Å². The van der Waals surface area contributed by atoms with Gasteiger partial charge in [-0.05, 0) is 74.7 Å². The number of carbonyl (C=O) groups is 1. The highest BCUT2D eigenvalue weighted by Gasteiger charge is 2.17. The molecule has 0 aliphatic carbocycles. The molecule has 0 spiro atoms. The number of benzene rings is 1. The van der Waals surface area contributed by atoms with E-state index in [4.69, 9.17) is 0 Å². The van der Waals surface area contributed by atoms with Gasteiger partial charge in [0.05, 0.1) is 12.1 Å². The van der Waals surface area contributed by atoms with E-state index in [9.17, 15) is 9.59 Å². The van der Waals surface area contributed by atoms with Crippen molar-refractivity contribution in [1.29, 1.82) is 0 Å². The van der Waals surface area contributed by atoms with Crippen molar-refractivity contribution < 1.29 is 4.79 Å². The van der Waals surface area contributed by atoms with Crippen molar-refractivity contribution in [2.24, 2.45) is 0 Å². The molecular formula is C27H31N5O2. The molecule has 0 unspecified atom stereocenters. The first kappa shape index (κ1) is 22.3. The van der Waals surface area contributed by atoms with Crippen LogP contribution in [0.3, 0.4) is 0 Å². The average Bonchev–Trinajstić information content (AvgIpc) is 3.36. The average molecular weight is 458 g/mol. The van der Waals surface area contributed by atoms with Crippen LogP contribution in [0.25, 0.3) is 16.7 Å². The Labute approximate surface area is 199 Å². The largest absolute Gasteiger partial charge is 0.352 e. The minimum atomic E-state index is -0.0991. The lowest BCUT2D eigenvalue weighted by Gasteiger charge is -2.33. The van der Waals surface area contributed by atoms with Crippen LogP contribution in [0.5, 0.6) is 0 Å². The smallest absolute Gasteiger partial charge is 0.276 e. The molecule has 176 valence electrons. The number of aromatic nitrogens is 3. The van der Waals surface area contributed by atoms with E-state index in [1.54, 1.807) is 10.8 Å². The third kappa shape index (κ3) is 4.48. The number of carbonyl (C=O) groups excluding carboxylic acids is 1. The zero-order valence-corrected chi connectivity index (χ0v) is 19.6. The van der Waals surface area contributed by atoms with Gasteiger partial charge in [0.15, 0.2) is 5.65 Å². The van der Waals surface area contributed by atoms with Crippen molar-refractivity contribution in [3.8, 4) is 0 Å². The molecule has 1 aliphatic rings. The normalized spacial score (nSPS) is 16.8. The number of hydrogen-bond acceptors (Lipinski definition) is 4. The summed E-state index contributed by atoms with van der Waals surface area (Å²) in [6.45, 7) is 5.48. The molecule has 4 heterocycles. The van der Waals surface area contributed by atoms with Crippen LogP contribution in [-0.2, 0) is 6.54 Å². The molecule has 7 heteroatoms. The van der Waals surface area contributed by atoms with Crippen LogP contribution in [-0.4, -0.2) is 50.4 Å². The Morgan fingerprint density at radius 2 is 2.00 bits per heavy atom. The predicted molar refractivity (Wildman–Crippen MR) is 134 cm³/mol. The Bertz CT molecular complexity index is 1370. The first-order valence-corrected chi connectivity index (χ1v) is 12.2. The number of rotatable bonds is 7. The lowest BCUT2D eigenvalue weighted by atomic mass is 10.0. The fourth-order valence-electron chi connectivity index (χ4n) is 5.00. The van der Waals surface area contributed by atoms with Gasteiger partial charge in [-0.15, -0.1) is 0 Å². The highest BCUT2D eigenvalue weighted by Crippen LogP contribution is 2.17. The lowest BCUT2D eigenvalue weighted by Crippen LogP contribution is -2.39. The molecule has 0 bridgehead atoms. The topological polar surface area (TPSA) is 71.6 Å². The minimum Gasteiger partial charge on any atom is -0.352 e. The van der Waals surface area contributed by atoms with E-state index in [1.807, 2.05) is 59.1 Å². The first-order valence-electron chi connectivity index (χ1n) is 12.2. The van der Waals surface area contributed by atoms with E-state index in [2.05, 4.69) is 22.1 Å². The molecule has 0 radical (unpaired) electrons. The van der Waals surface area contributed by atoms with E-state index < -0.39 is 0 Å². The van der Waals surface area contributed by atoms with Crippen molar-refractivity contribution in [2.75, 3.05) is 19.6 Å². The molecule has 4 aromatic rings. The number of fused-ring (bicyclic) bond motifs is 3. The van der Waals surface area contributed by atoms with Gasteiger partial charge in [0.1, 0.15) is 5.52 Å². The van der Waals surface area contributed by atoms with Crippen molar-refractivity contribution in [2.45, 2.75) is 45.2 Å².